The lowest BCUT2D eigenvalue weighted by molar-refractivity contribution is -0.132. The molecular formula is C25H34N4O3. The Kier molecular flexibility index (Phi) is 8.36. The second-order valence-electron chi connectivity index (χ2n) is 7.95. The highest BCUT2D eigenvalue weighted by Crippen LogP contribution is 2.25. The van der Waals surface area contributed by atoms with Gasteiger partial charge in [0.1, 0.15) is 11.5 Å². The van der Waals surface area contributed by atoms with Gasteiger partial charge in [0.25, 0.3) is 0 Å². The Balaban J connectivity index is 1.45. The summed E-state index contributed by atoms with van der Waals surface area (Å²) in [4.78, 5) is 21.0. The topological polar surface area (TPSA) is 66.4 Å². The summed E-state index contributed by atoms with van der Waals surface area (Å²) in [7, 11) is 7.04. The molecule has 3 rings (SSSR count). The Morgan fingerprint density at radius 3 is 2.66 bits per heavy atom. The predicted molar refractivity (Wildman–Crippen MR) is 127 cm³/mol. The number of ether oxygens (including phenoxy) is 2. The number of amides is 1. The number of methoxy groups -OCH3 is 2. The summed E-state index contributed by atoms with van der Waals surface area (Å²) >= 11 is 0. The highest BCUT2D eigenvalue weighted by atomic mass is 16.5. The molecule has 0 radical (unpaired) electrons. The Morgan fingerprint density at radius 1 is 1.16 bits per heavy atom. The number of aliphatic imine (C=N–C) groups is 1. The fourth-order valence-electron chi connectivity index (χ4n) is 4.00. The van der Waals surface area contributed by atoms with Crippen molar-refractivity contribution in [3.63, 3.8) is 0 Å². The number of rotatable bonds is 8. The molecule has 0 bridgehead atoms. The van der Waals surface area contributed by atoms with Crippen molar-refractivity contribution in [2.75, 3.05) is 41.4 Å². The van der Waals surface area contributed by atoms with Crippen molar-refractivity contribution in [1.29, 1.82) is 0 Å². The zero-order chi connectivity index (χ0) is 22.9. The van der Waals surface area contributed by atoms with Crippen molar-refractivity contribution in [1.82, 2.24) is 15.1 Å². The van der Waals surface area contributed by atoms with Crippen LogP contribution in [0.15, 0.2) is 47.5 Å². The van der Waals surface area contributed by atoms with Crippen LogP contribution < -0.4 is 14.8 Å². The summed E-state index contributed by atoms with van der Waals surface area (Å²) in [6.45, 7) is 2.85. The minimum absolute atomic E-state index is 0.215. The van der Waals surface area contributed by atoms with Crippen molar-refractivity contribution in [3.8, 4) is 11.5 Å². The van der Waals surface area contributed by atoms with E-state index in [4.69, 9.17) is 9.47 Å². The zero-order valence-corrected chi connectivity index (χ0v) is 19.6. The lowest BCUT2D eigenvalue weighted by Gasteiger charge is -2.29. The van der Waals surface area contributed by atoms with Crippen LogP contribution in [0.2, 0.25) is 0 Å². The molecule has 32 heavy (non-hydrogen) atoms. The highest BCUT2D eigenvalue weighted by Gasteiger charge is 2.20. The first-order chi connectivity index (χ1) is 15.5. The molecule has 0 unspecified atom stereocenters. The first kappa shape index (κ1) is 23.4. The highest BCUT2D eigenvalue weighted by molar-refractivity contribution is 5.80. The van der Waals surface area contributed by atoms with E-state index in [1.54, 1.807) is 21.3 Å². The SMILES string of the molecule is CN=C(NCCCC(=O)N1CCc2ccccc2C1)N(C)Cc1ccc(OC)cc1OC. The summed E-state index contributed by atoms with van der Waals surface area (Å²) in [6.07, 6.45) is 2.23. The van der Waals surface area contributed by atoms with Crippen molar-refractivity contribution in [2.24, 2.45) is 4.99 Å². The number of nitrogens with zero attached hydrogens (tertiary/aromatic N) is 3. The Bertz CT molecular complexity index is 945. The Morgan fingerprint density at radius 2 is 1.94 bits per heavy atom. The maximum atomic E-state index is 12.7. The van der Waals surface area contributed by atoms with Gasteiger partial charge in [0.05, 0.1) is 14.2 Å². The molecule has 0 saturated carbocycles. The second-order valence-corrected chi connectivity index (χ2v) is 7.95. The molecule has 2 aromatic rings. The lowest BCUT2D eigenvalue weighted by Crippen LogP contribution is -2.39. The van der Waals surface area contributed by atoms with Gasteiger partial charge in [0.2, 0.25) is 5.91 Å². The summed E-state index contributed by atoms with van der Waals surface area (Å²) < 4.78 is 10.8. The summed E-state index contributed by atoms with van der Waals surface area (Å²) in [5.41, 5.74) is 3.67. The van der Waals surface area contributed by atoms with Crippen LogP contribution in [0.4, 0.5) is 0 Å². The predicted octanol–water partition coefficient (Wildman–Crippen LogP) is 3.08. The second kappa shape index (κ2) is 11.4. The van der Waals surface area contributed by atoms with Crippen LogP contribution in [-0.4, -0.2) is 63.1 Å². The number of guanidine groups is 1. The molecule has 0 fully saturated rings. The van der Waals surface area contributed by atoms with E-state index in [1.165, 1.54) is 11.1 Å². The molecular weight excluding hydrogens is 404 g/mol. The monoisotopic (exact) mass is 438 g/mol. The maximum absolute atomic E-state index is 12.7. The first-order valence-corrected chi connectivity index (χ1v) is 11.0. The van der Waals surface area contributed by atoms with Crippen LogP contribution in [0.25, 0.3) is 0 Å². The van der Waals surface area contributed by atoms with Crippen molar-refractivity contribution < 1.29 is 14.3 Å². The van der Waals surface area contributed by atoms with E-state index in [0.717, 1.165) is 49.0 Å². The third kappa shape index (κ3) is 5.93. The van der Waals surface area contributed by atoms with Gasteiger partial charge in [-0.1, -0.05) is 24.3 Å². The van der Waals surface area contributed by atoms with Gasteiger partial charge in [-0.15, -0.1) is 0 Å². The Labute approximate surface area is 191 Å². The van der Waals surface area contributed by atoms with Gasteiger partial charge >= 0.3 is 0 Å². The molecule has 172 valence electrons. The number of nitrogens with one attached hydrogen (secondary N) is 1. The summed E-state index contributed by atoms with van der Waals surface area (Å²) in [5.74, 6) is 2.54. The van der Waals surface area contributed by atoms with Crippen molar-refractivity contribution in [2.45, 2.75) is 32.4 Å². The molecule has 1 N–H and O–H groups in total. The largest absolute Gasteiger partial charge is 0.497 e. The summed E-state index contributed by atoms with van der Waals surface area (Å²) in [6, 6.07) is 14.2. The molecule has 2 aromatic carbocycles. The normalized spacial score (nSPS) is 13.4. The number of carbonyl (C=O) groups is 1. The molecule has 0 aliphatic carbocycles. The van der Waals surface area contributed by atoms with Crippen LogP contribution in [0.1, 0.15) is 29.5 Å². The van der Waals surface area contributed by atoms with E-state index < -0.39 is 0 Å². The zero-order valence-electron chi connectivity index (χ0n) is 19.6. The third-order valence-electron chi connectivity index (χ3n) is 5.81. The van der Waals surface area contributed by atoms with Crippen LogP contribution in [0.5, 0.6) is 11.5 Å². The Hall–Kier alpha value is -3.22. The fraction of sp³-hybridized carbons (Fsp3) is 0.440. The number of hydrogen-bond acceptors (Lipinski definition) is 4. The van der Waals surface area contributed by atoms with E-state index in [1.807, 2.05) is 41.1 Å². The van der Waals surface area contributed by atoms with Crippen LogP contribution >= 0.6 is 0 Å². The number of benzene rings is 2. The molecule has 1 amide bonds. The van der Waals surface area contributed by atoms with Crippen molar-refractivity contribution >= 4 is 11.9 Å². The van der Waals surface area contributed by atoms with Crippen LogP contribution in [0.3, 0.4) is 0 Å². The van der Waals surface area contributed by atoms with Gasteiger partial charge in [-0.05, 0) is 36.1 Å². The van der Waals surface area contributed by atoms with Crippen molar-refractivity contribution in [3.05, 3.63) is 59.2 Å². The molecule has 0 atom stereocenters. The molecule has 7 nitrogen and oxygen atoms in total. The van der Waals surface area contributed by atoms with Crippen LogP contribution in [-0.2, 0) is 24.3 Å². The minimum atomic E-state index is 0.215. The first-order valence-electron chi connectivity index (χ1n) is 11.0. The van der Waals surface area contributed by atoms with Gasteiger partial charge in [-0.3, -0.25) is 9.79 Å². The van der Waals surface area contributed by atoms with Gasteiger partial charge in [-0.2, -0.15) is 0 Å². The average Bonchev–Trinajstić information content (AvgIpc) is 2.83. The molecule has 7 heteroatoms. The van der Waals surface area contributed by atoms with Gasteiger partial charge < -0.3 is 24.6 Å². The van der Waals surface area contributed by atoms with E-state index in [-0.39, 0.29) is 5.91 Å². The standard InChI is InChI=1S/C25H34N4O3/c1-26-25(28(2)17-21-11-12-22(31-3)16-23(21)32-4)27-14-7-10-24(30)29-15-13-19-8-5-6-9-20(19)18-29/h5-6,8-9,11-12,16H,7,10,13-15,17-18H2,1-4H3,(H,26,27). The molecule has 0 saturated heterocycles. The van der Waals surface area contributed by atoms with E-state index in [9.17, 15) is 4.79 Å². The molecule has 1 aliphatic rings. The van der Waals surface area contributed by atoms with Gasteiger partial charge in [0, 0.05) is 58.3 Å². The number of hydrogen-bond donors (Lipinski definition) is 1. The quantitative estimate of drug-likeness (QED) is 0.390. The fourth-order valence-corrected chi connectivity index (χ4v) is 4.00. The molecule has 1 heterocycles. The van der Waals surface area contributed by atoms with Gasteiger partial charge in [0.15, 0.2) is 5.96 Å². The smallest absolute Gasteiger partial charge is 0.222 e. The molecule has 0 spiro atoms. The third-order valence-corrected chi connectivity index (χ3v) is 5.81. The molecule has 1 aliphatic heterocycles. The maximum Gasteiger partial charge on any atom is 0.222 e. The van der Waals surface area contributed by atoms with E-state index >= 15 is 0 Å². The van der Waals surface area contributed by atoms with Gasteiger partial charge in [-0.25, -0.2) is 0 Å². The van der Waals surface area contributed by atoms with E-state index in [0.29, 0.717) is 19.5 Å². The van der Waals surface area contributed by atoms with Crippen LogP contribution in [0, 0.1) is 0 Å². The average molecular weight is 439 g/mol. The number of fused-ring (bicyclic) bond motifs is 1. The molecule has 0 aromatic heterocycles. The minimum Gasteiger partial charge on any atom is -0.497 e. The number of carbonyl (C=O) groups excluding carboxylic acids is 1. The lowest BCUT2D eigenvalue weighted by atomic mass is 9.99. The summed E-state index contributed by atoms with van der Waals surface area (Å²) in [5, 5.41) is 3.36. The van der Waals surface area contributed by atoms with E-state index in [2.05, 4.69) is 28.5 Å².